The van der Waals surface area contributed by atoms with Gasteiger partial charge in [-0.2, -0.15) is 0 Å². The zero-order valence-electron chi connectivity index (χ0n) is 11.7. The smallest absolute Gasteiger partial charge is 0.0756 e. The summed E-state index contributed by atoms with van der Waals surface area (Å²) >= 11 is 0. The molecular formula is C14H26N4. The average Bonchev–Trinajstić information content (AvgIpc) is 3.00. The maximum atomic E-state index is 4.21. The van der Waals surface area contributed by atoms with Crippen molar-refractivity contribution in [3.05, 3.63) is 11.9 Å². The Morgan fingerprint density at radius 1 is 1.39 bits per heavy atom. The fourth-order valence-electron chi connectivity index (χ4n) is 3.06. The van der Waals surface area contributed by atoms with Crippen LogP contribution in [0, 0.1) is 5.92 Å². The fourth-order valence-corrected chi connectivity index (χ4v) is 3.06. The molecular weight excluding hydrogens is 224 g/mol. The molecule has 1 aromatic rings. The van der Waals surface area contributed by atoms with Crippen molar-refractivity contribution < 1.29 is 0 Å². The number of rotatable bonds is 7. The van der Waals surface area contributed by atoms with Gasteiger partial charge >= 0.3 is 0 Å². The lowest BCUT2D eigenvalue weighted by Gasteiger charge is -2.21. The Morgan fingerprint density at radius 2 is 2.17 bits per heavy atom. The molecule has 1 aromatic heterocycles. The highest BCUT2D eigenvalue weighted by Crippen LogP contribution is 2.32. The van der Waals surface area contributed by atoms with Gasteiger partial charge in [0.25, 0.3) is 0 Å². The molecule has 2 rings (SSSR count). The Bertz CT molecular complexity index is 341. The van der Waals surface area contributed by atoms with Gasteiger partial charge in [-0.25, -0.2) is 4.68 Å². The molecule has 1 fully saturated rings. The van der Waals surface area contributed by atoms with E-state index in [0.29, 0.717) is 6.04 Å². The van der Waals surface area contributed by atoms with E-state index in [-0.39, 0.29) is 0 Å². The summed E-state index contributed by atoms with van der Waals surface area (Å²) in [7, 11) is 0. The van der Waals surface area contributed by atoms with E-state index >= 15 is 0 Å². The van der Waals surface area contributed by atoms with Crippen LogP contribution < -0.4 is 5.32 Å². The molecule has 102 valence electrons. The minimum absolute atomic E-state index is 0.430. The summed E-state index contributed by atoms with van der Waals surface area (Å²) in [5, 5.41) is 11.9. The van der Waals surface area contributed by atoms with E-state index in [0.717, 1.165) is 25.4 Å². The van der Waals surface area contributed by atoms with Gasteiger partial charge in [0.2, 0.25) is 0 Å². The standard InChI is InChI=1S/C14H26N4/c1-3-9-18-14(11-16-17-18)13(15-4-2)10-12-7-5-6-8-12/h11-13,15H,3-10H2,1-2H3. The lowest BCUT2D eigenvalue weighted by Crippen LogP contribution is -2.25. The molecule has 1 heterocycles. The van der Waals surface area contributed by atoms with E-state index < -0.39 is 0 Å². The first-order chi connectivity index (χ1) is 8.85. The van der Waals surface area contributed by atoms with Crippen molar-refractivity contribution in [2.45, 2.75) is 65.0 Å². The predicted octanol–water partition coefficient (Wildman–Crippen LogP) is 2.92. The van der Waals surface area contributed by atoms with E-state index in [9.17, 15) is 0 Å². The van der Waals surface area contributed by atoms with Crippen LogP contribution >= 0.6 is 0 Å². The number of nitrogens with zero attached hydrogens (tertiary/aromatic N) is 3. The van der Waals surface area contributed by atoms with Gasteiger partial charge in [0.05, 0.1) is 17.9 Å². The minimum Gasteiger partial charge on any atom is -0.309 e. The minimum atomic E-state index is 0.430. The molecule has 1 unspecified atom stereocenters. The van der Waals surface area contributed by atoms with Crippen LogP contribution in [-0.4, -0.2) is 21.5 Å². The highest BCUT2D eigenvalue weighted by atomic mass is 15.4. The summed E-state index contributed by atoms with van der Waals surface area (Å²) in [6.07, 6.45) is 9.92. The quantitative estimate of drug-likeness (QED) is 0.809. The summed E-state index contributed by atoms with van der Waals surface area (Å²) in [6.45, 7) is 6.34. The third-order valence-corrected chi connectivity index (χ3v) is 3.93. The first kappa shape index (κ1) is 13.5. The Kier molecular flexibility index (Phi) is 5.17. The average molecular weight is 250 g/mol. The van der Waals surface area contributed by atoms with Gasteiger partial charge in [0, 0.05) is 6.54 Å². The van der Waals surface area contributed by atoms with Crippen molar-refractivity contribution in [3.8, 4) is 0 Å². The summed E-state index contributed by atoms with van der Waals surface area (Å²) in [4.78, 5) is 0. The van der Waals surface area contributed by atoms with E-state index in [1.165, 1.54) is 37.8 Å². The van der Waals surface area contributed by atoms with Crippen molar-refractivity contribution >= 4 is 0 Å². The summed E-state index contributed by atoms with van der Waals surface area (Å²) < 4.78 is 2.07. The molecule has 0 bridgehead atoms. The second-order valence-corrected chi connectivity index (χ2v) is 5.38. The van der Waals surface area contributed by atoms with Crippen LogP contribution in [0.3, 0.4) is 0 Å². The SMILES string of the molecule is CCCn1nncc1C(CC1CCCC1)NCC. The molecule has 0 aromatic carbocycles. The zero-order chi connectivity index (χ0) is 12.8. The van der Waals surface area contributed by atoms with Crippen LogP contribution in [0.5, 0.6) is 0 Å². The van der Waals surface area contributed by atoms with Gasteiger partial charge in [0.15, 0.2) is 0 Å². The molecule has 4 nitrogen and oxygen atoms in total. The van der Waals surface area contributed by atoms with Gasteiger partial charge in [0.1, 0.15) is 0 Å². The fraction of sp³-hybridized carbons (Fsp3) is 0.857. The largest absolute Gasteiger partial charge is 0.309 e. The number of hydrogen-bond donors (Lipinski definition) is 1. The lowest BCUT2D eigenvalue weighted by molar-refractivity contribution is 0.378. The molecule has 1 N–H and O–H groups in total. The topological polar surface area (TPSA) is 42.7 Å². The number of aryl methyl sites for hydroxylation is 1. The van der Waals surface area contributed by atoms with E-state index in [4.69, 9.17) is 0 Å². The van der Waals surface area contributed by atoms with Crippen LogP contribution in [0.15, 0.2) is 6.20 Å². The van der Waals surface area contributed by atoms with Crippen molar-refractivity contribution in [2.75, 3.05) is 6.54 Å². The molecule has 0 amide bonds. The number of aromatic nitrogens is 3. The molecule has 1 atom stereocenters. The first-order valence-electron chi connectivity index (χ1n) is 7.46. The van der Waals surface area contributed by atoms with E-state index in [1.807, 2.05) is 6.20 Å². The third-order valence-electron chi connectivity index (χ3n) is 3.93. The van der Waals surface area contributed by atoms with Gasteiger partial charge in [-0.3, -0.25) is 0 Å². The maximum absolute atomic E-state index is 4.21. The summed E-state index contributed by atoms with van der Waals surface area (Å²) in [5.41, 5.74) is 1.27. The molecule has 1 aliphatic carbocycles. The molecule has 1 saturated carbocycles. The maximum Gasteiger partial charge on any atom is 0.0756 e. The normalized spacial score (nSPS) is 18.3. The van der Waals surface area contributed by atoms with Crippen LogP contribution in [0.2, 0.25) is 0 Å². The van der Waals surface area contributed by atoms with E-state index in [2.05, 4.69) is 34.2 Å². The Hall–Kier alpha value is -0.900. The Morgan fingerprint density at radius 3 is 2.83 bits per heavy atom. The van der Waals surface area contributed by atoms with Crippen LogP contribution in [-0.2, 0) is 6.54 Å². The molecule has 0 spiro atoms. The molecule has 0 radical (unpaired) electrons. The van der Waals surface area contributed by atoms with Gasteiger partial charge < -0.3 is 5.32 Å². The monoisotopic (exact) mass is 250 g/mol. The van der Waals surface area contributed by atoms with Crippen LogP contribution in [0.1, 0.15) is 64.1 Å². The number of hydrogen-bond acceptors (Lipinski definition) is 3. The van der Waals surface area contributed by atoms with Crippen molar-refractivity contribution in [1.82, 2.24) is 20.3 Å². The second kappa shape index (κ2) is 6.88. The predicted molar refractivity (Wildman–Crippen MR) is 73.3 cm³/mol. The number of nitrogens with one attached hydrogen (secondary N) is 1. The molecule has 0 saturated heterocycles. The van der Waals surface area contributed by atoms with Crippen molar-refractivity contribution in [2.24, 2.45) is 5.92 Å². The second-order valence-electron chi connectivity index (χ2n) is 5.38. The lowest BCUT2D eigenvalue weighted by atomic mass is 9.96. The molecule has 0 aliphatic heterocycles. The first-order valence-corrected chi connectivity index (χ1v) is 7.46. The van der Waals surface area contributed by atoms with Crippen molar-refractivity contribution in [3.63, 3.8) is 0 Å². The van der Waals surface area contributed by atoms with Crippen LogP contribution in [0.4, 0.5) is 0 Å². The van der Waals surface area contributed by atoms with Gasteiger partial charge in [-0.05, 0) is 25.3 Å². The Labute approximate surface area is 110 Å². The van der Waals surface area contributed by atoms with Crippen LogP contribution in [0.25, 0.3) is 0 Å². The zero-order valence-corrected chi connectivity index (χ0v) is 11.7. The molecule has 4 heteroatoms. The summed E-state index contributed by atoms with van der Waals surface area (Å²) in [5.74, 6) is 0.888. The van der Waals surface area contributed by atoms with Gasteiger partial charge in [-0.15, -0.1) is 5.10 Å². The van der Waals surface area contributed by atoms with Crippen molar-refractivity contribution in [1.29, 1.82) is 0 Å². The third kappa shape index (κ3) is 3.31. The van der Waals surface area contributed by atoms with Gasteiger partial charge in [-0.1, -0.05) is 44.7 Å². The Balaban J connectivity index is 2.04. The highest BCUT2D eigenvalue weighted by molar-refractivity contribution is 5.03. The highest BCUT2D eigenvalue weighted by Gasteiger charge is 2.23. The van der Waals surface area contributed by atoms with E-state index in [1.54, 1.807) is 0 Å². The molecule has 1 aliphatic rings. The molecule has 18 heavy (non-hydrogen) atoms. The summed E-state index contributed by atoms with van der Waals surface area (Å²) in [6, 6.07) is 0.430.